The van der Waals surface area contributed by atoms with Crippen molar-refractivity contribution in [3.63, 3.8) is 0 Å². The van der Waals surface area contributed by atoms with Crippen LogP contribution < -0.4 is 0 Å². The molecule has 0 saturated carbocycles. The van der Waals surface area contributed by atoms with Gasteiger partial charge in [0, 0.05) is 6.07 Å². The summed E-state index contributed by atoms with van der Waals surface area (Å²) in [4.78, 5) is 1.54. The summed E-state index contributed by atoms with van der Waals surface area (Å²) in [6.45, 7) is 0. The van der Waals surface area contributed by atoms with Crippen LogP contribution in [0.15, 0.2) is 23.2 Å². The molecule has 0 atom stereocenters. The van der Waals surface area contributed by atoms with Gasteiger partial charge in [-0.15, -0.1) is 0 Å². The molecule has 11 heavy (non-hydrogen) atoms. The Hall–Kier alpha value is -0.700. The quantitative estimate of drug-likeness (QED) is 0.679. The first-order valence-electron chi connectivity index (χ1n) is 2.95. The van der Waals surface area contributed by atoms with Crippen molar-refractivity contribution >= 4 is 22.0 Å². The molecular weight excluding hydrogens is 214 g/mol. The fourth-order valence-electron chi connectivity index (χ4n) is 0.744. The topological polar surface area (TPSA) is 0 Å². The van der Waals surface area contributed by atoms with Gasteiger partial charge in [0.25, 0.3) is 0 Å². The lowest BCUT2D eigenvalue weighted by molar-refractivity contribution is 0.583. The first-order valence-corrected chi connectivity index (χ1v) is 3.87. The summed E-state index contributed by atoms with van der Waals surface area (Å²) >= 11 is 3.01. The lowest BCUT2D eigenvalue weighted by atomic mass is 10.2. The predicted molar refractivity (Wildman–Crippen MR) is 44.3 cm³/mol. The van der Waals surface area contributed by atoms with E-state index in [9.17, 15) is 8.78 Å². The Kier molecular flexibility index (Phi) is 2.76. The highest BCUT2D eigenvalue weighted by Gasteiger charge is 1.96. The van der Waals surface area contributed by atoms with Gasteiger partial charge in [-0.3, -0.25) is 0 Å². The molecule has 1 aromatic rings. The molecular formula is C8H5BrF2. The molecule has 0 fully saturated rings. The van der Waals surface area contributed by atoms with Crippen LogP contribution in [0.3, 0.4) is 0 Å². The number of benzene rings is 1. The number of hydrogen-bond donors (Lipinski definition) is 0. The zero-order chi connectivity index (χ0) is 8.27. The Morgan fingerprint density at radius 3 is 2.09 bits per heavy atom. The van der Waals surface area contributed by atoms with E-state index in [1.165, 1.54) is 12.1 Å². The molecule has 0 spiro atoms. The SMILES string of the molecule is Fc1cc(F)cc(/C=C/Br)c1. The second-order valence-corrected chi connectivity index (χ2v) is 2.52. The Morgan fingerprint density at radius 1 is 1.09 bits per heavy atom. The molecule has 1 rings (SSSR count). The van der Waals surface area contributed by atoms with E-state index >= 15 is 0 Å². The van der Waals surface area contributed by atoms with Crippen molar-refractivity contribution in [3.05, 3.63) is 40.4 Å². The molecule has 0 heterocycles. The van der Waals surface area contributed by atoms with Gasteiger partial charge in [-0.05, 0) is 28.8 Å². The molecule has 0 aliphatic heterocycles. The fraction of sp³-hybridized carbons (Fsp3) is 0. The zero-order valence-electron chi connectivity index (χ0n) is 5.52. The zero-order valence-corrected chi connectivity index (χ0v) is 7.11. The van der Waals surface area contributed by atoms with Gasteiger partial charge < -0.3 is 0 Å². The Morgan fingerprint density at radius 2 is 1.64 bits per heavy atom. The smallest absolute Gasteiger partial charge is 0.126 e. The van der Waals surface area contributed by atoms with Gasteiger partial charge in [-0.2, -0.15) is 0 Å². The van der Waals surface area contributed by atoms with E-state index in [0.717, 1.165) is 6.07 Å². The molecule has 0 unspecified atom stereocenters. The third-order valence-corrected chi connectivity index (χ3v) is 1.40. The Labute approximate surface area is 71.7 Å². The Bertz CT molecular complexity index is 261. The minimum atomic E-state index is -0.564. The second kappa shape index (κ2) is 3.62. The maximum Gasteiger partial charge on any atom is 0.126 e. The molecule has 0 amide bonds. The van der Waals surface area contributed by atoms with Crippen molar-refractivity contribution in [1.29, 1.82) is 0 Å². The van der Waals surface area contributed by atoms with Crippen LogP contribution in [-0.4, -0.2) is 0 Å². The number of rotatable bonds is 1. The standard InChI is InChI=1S/C8H5BrF2/c9-2-1-6-3-7(10)5-8(11)4-6/h1-5H/b2-1+. The summed E-state index contributed by atoms with van der Waals surface area (Å²) in [5, 5.41) is 0. The predicted octanol–water partition coefficient (Wildman–Crippen LogP) is 3.33. The van der Waals surface area contributed by atoms with Crippen LogP contribution in [0.2, 0.25) is 0 Å². The first-order chi connectivity index (χ1) is 5.22. The van der Waals surface area contributed by atoms with Gasteiger partial charge in [0.1, 0.15) is 11.6 Å². The van der Waals surface area contributed by atoms with E-state index in [0.29, 0.717) is 5.56 Å². The van der Waals surface area contributed by atoms with Gasteiger partial charge in [0.05, 0.1) is 0 Å². The normalized spacial score (nSPS) is 10.8. The summed E-state index contributed by atoms with van der Waals surface area (Å²) < 4.78 is 24.9. The average Bonchev–Trinajstić information content (AvgIpc) is 1.85. The van der Waals surface area contributed by atoms with Crippen LogP contribution in [-0.2, 0) is 0 Å². The third-order valence-electron chi connectivity index (χ3n) is 1.14. The summed E-state index contributed by atoms with van der Waals surface area (Å²) in [6.07, 6.45) is 1.56. The molecule has 0 aliphatic carbocycles. The van der Waals surface area contributed by atoms with Crippen LogP contribution in [0.5, 0.6) is 0 Å². The van der Waals surface area contributed by atoms with Crippen LogP contribution in [0.1, 0.15) is 5.56 Å². The Balaban J connectivity index is 3.08. The molecule has 0 radical (unpaired) electrons. The van der Waals surface area contributed by atoms with Gasteiger partial charge in [0.2, 0.25) is 0 Å². The summed E-state index contributed by atoms with van der Waals surface area (Å²) in [7, 11) is 0. The molecule has 0 aromatic heterocycles. The lowest BCUT2D eigenvalue weighted by Gasteiger charge is -1.93. The van der Waals surface area contributed by atoms with Crippen molar-refractivity contribution in [2.75, 3.05) is 0 Å². The highest BCUT2D eigenvalue weighted by molar-refractivity contribution is 9.11. The molecule has 0 aliphatic rings. The largest absolute Gasteiger partial charge is 0.207 e. The summed E-state index contributed by atoms with van der Waals surface area (Å²) in [6, 6.07) is 3.34. The first kappa shape index (κ1) is 8.40. The maximum absolute atomic E-state index is 12.5. The highest BCUT2D eigenvalue weighted by Crippen LogP contribution is 2.09. The van der Waals surface area contributed by atoms with Crippen LogP contribution >= 0.6 is 15.9 Å². The maximum atomic E-state index is 12.5. The van der Waals surface area contributed by atoms with Crippen molar-refractivity contribution in [3.8, 4) is 0 Å². The van der Waals surface area contributed by atoms with Gasteiger partial charge >= 0.3 is 0 Å². The van der Waals surface area contributed by atoms with E-state index in [-0.39, 0.29) is 0 Å². The second-order valence-electron chi connectivity index (χ2n) is 2.00. The van der Waals surface area contributed by atoms with Crippen molar-refractivity contribution < 1.29 is 8.78 Å². The molecule has 58 valence electrons. The monoisotopic (exact) mass is 218 g/mol. The van der Waals surface area contributed by atoms with Gasteiger partial charge in [-0.1, -0.05) is 15.9 Å². The highest BCUT2D eigenvalue weighted by atomic mass is 79.9. The third kappa shape index (κ3) is 2.42. The van der Waals surface area contributed by atoms with Crippen molar-refractivity contribution in [1.82, 2.24) is 0 Å². The van der Waals surface area contributed by atoms with Gasteiger partial charge in [-0.25, -0.2) is 8.78 Å². The number of hydrogen-bond acceptors (Lipinski definition) is 0. The van der Waals surface area contributed by atoms with E-state index in [1.54, 1.807) is 11.1 Å². The van der Waals surface area contributed by atoms with Gasteiger partial charge in [0.15, 0.2) is 0 Å². The summed E-state index contributed by atoms with van der Waals surface area (Å²) in [5.74, 6) is -1.13. The van der Waals surface area contributed by atoms with E-state index in [2.05, 4.69) is 15.9 Å². The van der Waals surface area contributed by atoms with E-state index in [4.69, 9.17) is 0 Å². The molecule has 0 N–H and O–H groups in total. The summed E-state index contributed by atoms with van der Waals surface area (Å²) in [5.41, 5.74) is 0.499. The average molecular weight is 219 g/mol. The molecule has 1 aromatic carbocycles. The number of halogens is 3. The van der Waals surface area contributed by atoms with Crippen LogP contribution in [0, 0.1) is 11.6 Å². The molecule has 0 saturated heterocycles. The van der Waals surface area contributed by atoms with Crippen LogP contribution in [0.4, 0.5) is 8.78 Å². The van der Waals surface area contributed by atoms with Crippen molar-refractivity contribution in [2.45, 2.75) is 0 Å². The van der Waals surface area contributed by atoms with E-state index < -0.39 is 11.6 Å². The molecule has 3 heteroatoms. The van der Waals surface area contributed by atoms with Crippen molar-refractivity contribution in [2.24, 2.45) is 0 Å². The van der Waals surface area contributed by atoms with E-state index in [1.807, 2.05) is 0 Å². The molecule has 0 bridgehead atoms. The minimum absolute atomic E-state index is 0.499. The lowest BCUT2D eigenvalue weighted by Crippen LogP contribution is -1.80. The minimum Gasteiger partial charge on any atom is -0.207 e. The van der Waals surface area contributed by atoms with Crippen LogP contribution in [0.25, 0.3) is 6.08 Å². The molecule has 0 nitrogen and oxygen atoms in total. The fourth-order valence-corrected chi connectivity index (χ4v) is 1.05.